The lowest BCUT2D eigenvalue weighted by Crippen LogP contribution is -2.31. The van der Waals surface area contributed by atoms with Crippen molar-refractivity contribution in [2.45, 2.75) is 12.6 Å². The average Bonchev–Trinajstić information content (AvgIpc) is 2.99. The first kappa shape index (κ1) is 20.2. The highest BCUT2D eigenvalue weighted by Gasteiger charge is 2.21. The first-order valence-electron chi connectivity index (χ1n) is 8.31. The van der Waals surface area contributed by atoms with E-state index in [0.717, 1.165) is 0 Å². The number of imidazole rings is 1. The minimum atomic E-state index is -0.973. The molecule has 0 fully saturated rings. The Morgan fingerprint density at radius 3 is 2.68 bits per heavy atom. The molecule has 0 aliphatic carbocycles. The Balaban J connectivity index is 1.90. The number of aromatic nitrogens is 4. The van der Waals surface area contributed by atoms with E-state index in [-0.39, 0.29) is 24.3 Å². The predicted octanol–water partition coefficient (Wildman–Crippen LogP) is 1.24. The SMILES string of the molecule is CN(C)c1nc2c(c(=O)[nH]c(=O)n2C)n1C[C@H](O)COc1ccc(Cl)cc1Cl. The molecule has 3 aromatic rings. The number of anilines is 1. The first-order valence-corrected chi connectivity index (χ1v) is 9.07. The summed E-state index contributed by atoms with van der Waals surface area (Å²) < 4.78 is 8.35. The summed E-state index contributed by atoms with van der Waals surface area (Å²) in [6.45, 7) is -0.0476. The maximum absolute atomic E-state index is 12.4. The van der Waals surface area contributed by atoms with Crippen LogP contribution >= 0.6 is 23.2 Å². The number of benzene rings is 1. The molecule has 9 nitrogen and oxygen atoms in total. The number of ether oxygens (including phenoxy) is 1. The molecule has 0 bridgehead atoms. The van der Waals surface area contributed by atoms with Crippen molar-refractivity contribution in [3.05, 3.63) is 49.1 Å². The normalized spacial score (nSPS) is 12.4. The van der Waals surface area contributed by atoms with Crippen molar-refractivity contribution < 1.29 is 9.84 Å². The summed E-state index contributed by atoms with van der Waals surface area (Å²) in [6.07, 6.45) is -0.973. The molecule has 3 rings (SSSR count). The largest absolute Gasteiger partial charge is 0.489 e. The quantitative estimate of drug-likeness (QED) is 0.612. The van der Waals surface area contributed by atoms with E-state index >= 15 is 0 Å². The molecule has 150 valence electrons. The smallest absolute Gasteiger partial charge is 0.329 e. The minimum absolute atomic E-state index is 0.0243. The van der Waals surface area contributed by atoms with Crippen LogP contribution in [0.15, 0.2) is 27.8 Å². The van der Waals surface area contributed by atoms with Gasteiger partial charge in [0.2, 0.25) is 5.95 Å². The number of aromatic amines is 1. The Bertz CT molecular complexity index is 1140. The molecule has 0 aliphatic rings. The van der Waals surface area contributed by atoms with Crippen molar-refractivity contribution in [2.24, 2.45) is 7.05 Å². The van der Waals surface area contributed by atoms with Gasteiger partial charge >= 0.3 is 5.69 Å². The van der Waals surface area contributed by atoms with Crippen molar-refractivity contribution >= 4 is 40.3 Å². The summed E-state index contributed by atoms with van der Waals surface area (Å²) in [5.41, 5.74) is -0.720. The van der Waals surface area contributed by atoms with Gasteiger partial charge in [0.1, 0.15) is 18.5 Å². The standard InChI is InChI=1S/C17H19Cl2N5O4/c1-22(2)16-20-14-13(15(26)21-17(27)23(14)3)24(16)7-10(25)8-28-12-5-4-9(18)6-11(12)19/h4-6,10,25H,7-8H2,1-3H3,(H,21,26,27)/t10-/m0/s1. The second-order valence-corrected chi connectivity index (χ2v) is 7.29. The summed E-state index contributed by atoms with van der Waals surface area (Å²) in [7, 11) is 5.01. The zero-order valence-electron chi connectivity index (χ0n) is 15.4. The predicted molar refractivity (Wildman–Crippen MR) is 108 cm³/mol. The van der Waals surface area contributed by atoms with Crippen molar-refractivity contribution in [1.82, 2.24) is 19.1 Å². The Hall–Kier alpha value is -2.49. The Kier molecular flexibility index (Phi) is 5.69. The minimum Gasteiger partial charge on any atom is -0.489 e. The van der Waals surface area contributed by atoms with Gasteiger partial charge < -0.3 is 19.3 Å². The maximum Gasteiger partial charge on any atom is 0.329 e. The van der Waals surface area contributed by atoms with Gasteiger partial charge in [-0.05, 0) is 18.2 Å². The number of hydrogen-bond donors (Lipinski definition) is 2. The van der Waals surface area contributed by atoms with E-state index in [4.69, 9.17) is 27.9 Å². The topological polar surface area (TPSA) is 105 Å². The van der Waals surface area contributed by atoms with Crippen LogP contribution < -0.4 is 20.9 Å². The lowest BCUT2D eigenvalue weighted by atomic mass is 10.3. The third-order valence-electron chi connectivity index (χ3n) is 4.11. The fraction of sp³-hybridized carbons (Fsp3) is 0.353. The molecular weight excluding hydrogens is 409 g/mol. The first-order chi connectivity index (χ1) is 13.2. The van der Waals surface area contributed by atoms with Gasteiger partial charge in [-0.15, -0.1) is 0 Å². The molecule has 0 saturated heterocycles. The van der Waals surface area contributed by atoms with Gasteiger partial charge in [0.15, 0.2) is 11.2 Å². The van der Waals surface area contributed by atoms with Crippen molar-refractivity contribution in [3.63, 3.8) is 0 Å². The third-order valence-corrected chi connectivity index (χ3v) is 4.64. The van der Waals surface area contributed by atoms with Gasteiger partial charge in [-0.1, -0.05) is 23.2 Å². The van der Waals surface area contributed by atoms with Gasteiger partial charge in [0, 0.05) is 26.2 Å². The molecule has 2 N–H and O–H groups in total. The monoisotopic (exact) mass is 427 g/mol. The van der Waals surface area contributed by atoms with Crippen molar-refractivity contribution in [3.8, 4) is 5.75 Å². The summed E-state index contributed by atoms with van der Waals surface area (Å²) in [5.74, 6) is 0.805. The third kappa shape index (κ3) is 3.87. The molecular formula is C17H19Cl2N5O4. The van der Waals surface area contributed by atoms with E-state index < -0.39 is 17.4 Å². The lowest BCUT2D eigenvalue weighted by Gasteiger charge is -2.18. The van der Waals surface area contributed by atoms with Gasteiger partial charge in [-0.25, -0.2) is 4.79 Å². The van der Waals surface area contributed by atoms with Crippen molar-refractivity contribution in [2.75, 3.05) is 25.6 Å². The van der Waals surface area contributed by atoms with Gasteiger partial charge in [0.25, 0.3) is 5.56 Å². The van der Waals surface area contributed by atoms with Crippen LogP contribution in [0.1, 0.15) is 0 Å². The molecule has 0 aliphatic heterocycles. The number of nitrogens with zero attached hydrogens (tertiary/aromatic N) is 4. The summed E-state index contributed by atoms with van der Waals surface area (Å²) in [4.78, 5) is 32.5. The van der Waals surface area contributed by atoms with Gasteiger partial charge in [-0.2, -0.15) is 4.98 Å². The molecule has 0 saturated carbocycles. The van der Waals surface area contributed by atoms with Crippen LogP contribution in [-0.2, 0) is 13.6 Å². The number of H-pyrrole nitrogens is 1. The fourth-order valence-electron chi connectivity index (χ4n) is 2.78. The molecule has 0 amide bonds. The molecule has 0 unspecified atom stereocenters. The Morgan fingerprint density at radius 2 is 2.04 bits per heavy atom. The van der Waals surface area contributed by atoms with Crippen LogP contribution in [0.25, 0.3) is 11.2 Å². The van der Waals surface area contributed by atoms with Crippen LogP contribution in [0, 0.1) is 0 Å². The number of rotatable bonds is 6. The summed E-state index contributed by atoms with van der Waals surface area (Å²) in [6, 6.07) is 4.77. The van der Waals surface area contributed by atoms with Crippen LogP contribution in [-0.4, -0.2) is 51.0 Å². The van der Waals surface area contributed by atoms with Crippen LogP contribution in [0.4, 0.5) is 5.95 Å². The number of aryl methyl sites for hydroxylation is 1. The van der Waals surface area contributed by atoms with Crippen LogP contribution in [0.3, 0.4) is 0 Å². The number of aliphatic hydroxyl groups is 1. The lowest BCUT2D eigenvalue weighted by molar-refractivity contribution is 0.0937. The summed E-state index contributed by atoms with van der Waals surface area (Å²) in [5, 5.41) is 11.3. The number of fused-ring (bicyclic) bond motifs is 1. The van der Waals surface area contributed by atoms with E-state index in [1.54, 1.807) is 41.8 Å². The second-order valence-electron chi connectivity index (χ2n) is 6.45. The Labute approximate surface area is 169 Å². The highest BCUT2D eigenvalue weighted by molar-refractivity contribution is 6.35. The van der Waals surface area contributed by atoms with Crippen LogP contribution in [0.2, 0.25) is 10.0 Å². The zero-order chi connectivity index (χ0) is 20.6. The van der Waals surface area contributed by atoms with Crippen molar-refractivity contribution in [1.29, 1.82) is 0 Å². The van der Waals surface area contributed by atoms with E-state index in [1.807, 2.05) is 0 Å². The average molecular weight is 428 g/mol. The van der Waals surface area contributed by atoms with Crippen LogP contribution in [0.5, 0.6) is 5.75 Å². The summed E-state index contributed by atoms with van der Waals surface area (Å²) >= 11 is 11.9. The van der Waals surface area contributed by atoms with E-state index in [9.17, 15) is 14.7 Å². The molecule has 2 heterocycles. The zero-order valence-corrected chi connectivity index (χ0v) is 17.0. The molecule has 0 spiro atoms. The molecule has 1 atom stereocenters. The molecule has 28 heavy (non-hydrogen) atoms. The second kappa shape index (κ2) is 7.86. The number of hydrogen-bond acceptors (Lipinski definition) is 6. The van der Waals surface area contributed by atoms with E-state index in [1.165, 1.54) is 11.6 Å². The van der Waals surface area contributed by atoms with Gasteiger partial charge in [-0.3, -0.25) is 14.3 Å². The number of aliphatic hydroxyl groups excluding tert-OH is 1. The van der Waals surface area contributed by atoms with E-state index in [2.05, 4.69) is 9.97 Å². The Morgan fingerprint density at radius 1 is 1.32 bits per heavy atom. The molecule has 11 heteroatoms. The molecule has 0 radical (unpaired) electrons. The highest BCUT2D eigenvalue weighted by atomic mass is 35.5. The maximum atomic E-state index is 12.4. The highest BCUT2D eigenvalue weighted by Crippen LogP contribution is 2.27. The molecule has 2 aromatic heterocycles. The number of nitrogens with one attached hydrogen (secondary N) is 1. The van der Waals surface area contributed by atoms with E-state index in [0.29, 0.717) is 21.7 Å². The number of halogens is 2. The van der Waals surface area contributed by atoms with Gasteiger partial charge in [0.05, 0.1) is 11.6 Å². The fourth-order valence-corrected chi connectivity index (χ4v) is 3.24. The molecule has 1 aromatic carbocycles.